The van der Waals surface area contributed by atoms with Gasteiger partial charge < -0.3 is 4.74 Å². The number of hydrogen-bond acceptors (Lipinski definition) is 4. The number of nitrogens with one attached hydrogen (secondary N) is 2. The normalized spacial score (nSPS) is 18.1. The zero-order valence-electron chi connectivity index (χ0n) is 15.1. The number of carbonyl (C=O) groups excluding carboxylic acids is 2. The number of amides is 2. The number of hydrogen-bond donors (Lipinski definition) is 2. The summed E-state index contributed by atoms with van der Waals surface area (Å²) in [5.41, 5.74) is 0.751. The maximum absolute atomic E-state index is 11.9. The van der Waals surface area contributed by atoms with E-state index in [0.717, 1.165) is 28.1 Å². The Labute approximate surface area is 173 Å². The first-order chi connectivity index (χ1) is 13.0. The second-order valence-electron chi connectivity index (χ2n) is 6.98. The molecular formula is C20H23BrN2O3S. The van der Waals surface area contributed by atoms with E-state index in [1.165, 1.54) is 44.6 Å². The van der Waals surface area contributed by atoms with Crippen molar-refractivity contribution in [3.8, 4) is 5.75 Å². The molecule has 27 heavy (non-hydrogen) atoms. The van der Waals surface area contributed by atoms with Crippen molar-refractivity contribution < 1.29 is 14.3 Å². The molecular weight excluding hydrogens is 428 g/mol. The number of benzene rings is 1. The van der Waals surface area contributed by atoms with E-state index in [9.17, 15) is 9.59 Å². The minimum atomic E-state index is -0.497. The van der Waals surface area contributed by atoms with Crippen molar-refractivity contribution in [2.45, 2.75) is 44.9 Å². The molecule has 0 atom stereocenters. The lowest BCUT2D eigenvalue weighted by atomic mass is 9.86. The van der Waals surface area contributed by atoms with Crippen LogP contribution < -0.4 is 15.4 Å². The first-order valence-corrected chi connectivity index (χ1v) is 10.5. The van der Waals surface area contributed by atoms with Gasteiger partial charge in [-0.25, -0.2) is 0 Å². The summed E-state index contributed by atoms with van der Waals surface area (Å²) in [6, 6.07) is 5.50. The van der Waals surface area contributed by atoms with Gasteiger partial charge in [0.25, 0.3) is 11.8 Å². The Bertz CT molecular complexity index is 750. The molecule has 1 aliphatic carbocycles. The largest absolute Gasteiger partial charge is 0.492 e. The van der Waals surface area contributed by atoms with Crippen LogP contribution in [0.5, 0.6) is 5.75 Å². The summed E-state index contributed by atoms with van der Waals surface area (Å²) in [5.74, 6) is 0.630. The van der Waals surface area contributed by atoms with E-state index in [2.05, 4.69) is 26.6 Å². The van der Waals surface area contributed by atoms with Crippen molar-refractivity contribution in [2.24, 2.45) is 5.92 Å². The monoisotopic (exact) mass is 450 g/mol. The summed E-state index contributed by atoms with van der Waals surface area (Å²) in [5, 5.41) is 4.87. The molecule has 1 aliphatic heterocycles. The summed E-state index contributed by atoms with van der Waals surface area (Å²) in [4.78, 5) is 23.8. The van der Waals surface area contributed by atoms with E-state index in [1.54, 1.807) is 0 Å². The van der Waals surface area contributed by atoms with Gasteiger partial charge >= 0.3 is 0 Å². The van der Waals surface area contributed by atoms with Crippen LogP contribution in [0.25, 0.3) is 6.08 Å². The number of carbonyl (C=O) groups is 2. The van der Waals surface area contributed by atoms with Gasteiger partial charge in [-0.05, 0) is 70.7 Å². The van der Waals surface area contributed by atoms with Crippen LogP contribution in [0.15, 0.2) is 28.2 Å². The van der Waals surface area contributed by atoms with E-state index in [-0.39, 0.29) is 10.7 Å². The van der Waals surface area contributed by atoms with Crippen LogP contribution in [0.2, 0.25) is 0 Å². The average molecular weight is 451 g/mol. The van der Waals surface area contributed by atoms with Crippen molar-refractivity contribution in [3.63, 3.8) is 0 Å². The average Bonchev–Trinajstić information content (AvgIpc) is 2.64. The van der Waals surface area contributed by atoms with Gasteiger partial charge in [0.2, 0.25) is 0 Å². The second kappa shape index (κ2) is 9.46. The third kappa shape index (κ3) is 5.62. The predicted molar refractivity (Wildman–Crippen MR) is 112 cm³/mol. The zero-order valence-corrected chi connectivity index (χ0v) is 17.5. The van der Waals surface area contributed by atoms with Crippen molar-refractivity contribution in [2.75, 3.05) is 6.61 Å². The van der Waals surface area contributed by atoms with E-state index in [0.29, 0.717) is 6.61 Å². The Morgan fingerprint density at radius 2 is 1.85 bits per heavy atom. The maximum atomic E-state index is 11.9. The van der Waals surface area contributed by atoms with Crippen LogP contribution in [0.1, 0.15) is 50.5 Å². The van der Waals surface area contributed by atoms with Crippen molar-refractivity contribution in [1.82, 2.24) is 10.6 Å². The van der Waals surface area contributed by atoms with E-state index in [4.69, 9.17) is 17.0 Å². The molecule has 1 aromatic carbocycles. The Balaban J connectivity index is 1.55. The molecule has 1 heterocycles. The fraction of sp³-hybridized carbons (Fsp3) is 0.450. The van der Waals surface area contributed by atoms with Crippen molar-refractivity contribution in [1.29, 1.82) is 0 Å². The van der Waals surface area contributed by atoms with Crippen LogP contribution >= 0.6 is 28.1 Å². The Hall–Kier alpha value is -1.73. The summed E-state index contributed by atoms with van der Waals surface area (Å²) in [6.07, 6.45) is 10.7. The van der Waals surface area contributed by atoms with Crippen molar-refractivity contribution >= 4 is 51.2 Å². The van der Waals surface area contributed by atoms with Crippen LogP contribution in [-0.2, 0) is 9.59 Å². The van der Waals surface area contributed by atoms with Gasteiger partial charge in [-0.3, -0.25) is 20.2 Å². The number of thiocarbonyl (C=S) groups is 1. The number of ether oxygens (including phenoxy) is 1. The Kier molecular flexibility index (Phi) is 7.01. The van der Waals surface area contributed by atoms with Crippen LogP contribution in [-0.4, -0.2) is 23.5 Å². The SMILES string of the molecule is O=C1NC(=S)NC(=O)C1=Cc1ccc(OCCCC2CCCCC2)c(Br)c1. The number of rotatable bonds is 6. The second-order valence-corrected chi connectivity index (χ2v) is 8.24. The van der Waals surface area contributed by atoms with Gasteiger partial charge in [-0.15, -0.1) is 0 Å². The fourth-order valence-corrected chi connectivity index (χ4v) is 4.22. The van der Waals surface area contributed by atoms with Crippen LogP contribution in [0, 0.1) is 5.92 Å². The predicted octanol–water partition coefficient (Wildman–Crippen LogP) is 4.10. The van der Waals surface area contributed by atoms with E-state index >= 15 is 0 Å². The molecule has 144 valence electrons. The summed E-state index contributed by atoms with van der Waals surface area (Å²) in [7, 11) is 0. The number of halogens is 1. The van der Waals surface area contributed by atoms with E-state index in [1.807, 2.05) is 18.2 Å². The molecule has 0 aromatic heterocycles. The molecule has 2 fully saturated rings. The molecule has 0 radical (unpaired) electrons. The molecule has 1 saturated carbocycles. The van der Waals surface area contributed by atoms with Gasteiger partial charge in [0, 0.05) is 0 Å². The highest BCUT2D eigenvalue weighted by Crippen LogP contribution is 2.29. The summed E-state index contributed by atoms with van der Waals surface area (Å²) < 4.78 is 6.68. The lowest BCUT2D eigenvalue weighted by molar-refractivity contribution is -0.123. The highest BCUT2D eigenvalue weighted by atomic mass is 79.9. The molecule has 2 N–H and O–H groups in total. The maximum Gasteiger partial charge on any atom is 0.263 e. The zero-order chi connectivity index (χ0) is 19.2. The molecule has 3 rings (SSSR count). The van der Waals surface area contributed by atoms with Gasteiger partial charge in [-0.1, -0.05) is 38.2 Å². The molecule has 7 heteroatoms. The van der Waals surface area contributed by atoms with E-state index < -0.39 is 11.8 Å². The quantitative estimate of drug-likeness (QED) is 0.296. The summed E-state index contributed by atoms with van der Waals surface area (Å²) in [6.45, 7) is 0.692. The molecule has 2 amide bonds. The Morgan fingerprint density at radius 1 is 1.15 bits per heavy atom. The minimum Gasteiger partial charge on any atom is -0.492 e. The minimum absolute atomic E-state index is 0.0247. The Morgan fingerprint density at radius 3 is 2.52 bits per heavy atom. The molecule has 0 unspecified atom stereocenters. The lowest BCUT2D eigenvalue weighted by Crippen LogP contribution is -2.51. The topological polar surface area (TPSA) is 67.4 Å². The van der Waals surface area contributed by atoms with Gasteiger partial charge in [0.15, 0.2) is 5.11 Å². The lowest BCUT2D eigenvalue weighted by Gasteiger charge is -2.21. The third-order valence-corrected chi connectivity index (χ3v) is 5.77. The highest BCUT2D eigenvalue weighted by molar-refractivity contribution is 9.10. The molecule has 5 nitrogen and oxygen atoms in total. The van der Waals surface area contributed by atoms with Crippen LogP contribution in [0.4, 0.5) is 0 Å². The fourth-order valence-electron chi connectivity index (χ4n) is 3.53. The van der Waals surface area contributed by atoms with Gasteiger partial charge in [-0.2, -0.15) is 0 Å². The summed E-state index contributed by atoms with van der Waals surface area (Å²) >= 11 is 8.30. The molecule has 1 saturated heterocycles. The first kappa shape index (κ1) is 20.0. The molecule has 0 bridgehead atoms. The molecule has 2 aliphatic rings. The smallest absolute Gasteiger partial charge is 0.263 e. The highest BCUT2D eigenvalue weighted by Gasteiger charge is 2.25. The first-order valence-electron chi connectivity index (χ1n) is 9.33. The van der Waals surface area contributed by atoms with Gasteiger partial charge in [0.05, 0.1) is 11.1 Å². The van der Waals surface area contributed by atoms with Crippen LogP contribution in [0.3, 0.4) is 0 Å². The van der Waals surface area contributed by atoms with Gasteiger partial charge in [0.1, 0.15) is 11.3 Å². The molecule has 0 spiro atoms. The standard InChI is InChI=1S/C20H23BrN2O3S/c21-16-12-14(11-15-18(24)22-20(27)23-19(15)25)8-9-17(16)26-10-4-7-13-5-2-1-3-6-13/h8-9,11-13H,1-7,10H2,(H2,22,23,24,25,27). The third-order valence-electron chi connectivity index (χ3n) is 4.95. The molecule has 1 aromatic rings. The van der Waals surface area contributed by atoms with Crippen molar-refractivity contribution in [3.05, 3.63) is 33.8 Å².